The van der Waals surface area contributed by atoms with Gasteiger partial charge in [0.1, 0.15) is 10.7 Å². The summed E-state index contributed by atoms with van der Waals surface area (Å²) in [7, 11) is 1.80. The summed E-state index contributed by atoms with van der Waals surface area (Å²) in [5.74, 6) is 0.0120. The Kier molecular flexibility index (Phi) is 5.42. The molecule has 0 aliphatic heterocycles. The third kappa shape index (κ3) is 3.74. The molecule has 4 aliphatic rings. The van der Waals surface area contributed by atoms with Gasteiger partial charge in [-0.15, -0.1) is 0 Å². The predicted molar refractivity (Wildman–Crippen MR) is 140 cm³/mol. The van der Waals surface area contributed by atoms with Crippen LogP contribution in [0.25, 0.3) is 5.69 Å². The monoisotopic (exact) mass is 523 g/mol. The van der Waals surface area contributed by atoms with Gasteiger partial charge in [0, 0.05) is 7.05 Å². The molecule has 10 heteroatoms. The van der Waals surface area contributed by atoms with Crippen molar-refractivity contribution in [1.82, 2.24) is 19.1 Å². The molecule has 7 rings (SSSR count). The minimum atomic E-state index is -0.783. The number of rotatable bonds is 6. The molecule has 3 aromatic rings. The van der Waals surface area contributed by atoms with Gasteiger partial charge in [-0.25, -0.2) is 9.36 Å². The Balaban J connectivity index is 1.36. The summed E-state index contributed by atoms with van der Waals surface area (Å²) in [5.41, 5.74) is 0.542. The Morgan fingerprint density at radius 3 is 2.46 bits per heavy atom. The number of nitrogens with zero attached hydrogens (tertiary/aromatic N) is 4. The molecule has 4 atom stereocenters. The lowest BCUT2D eigenvalue weighted by Crippen LogP contribution is -2.59. The van der Waals surface area contributed by atoms with E-state index in [4.69, 9.17) is 11.6 Å². The number of anilines is 2. The molecule has 0 spiro atoms. The maximum Gasteiger partial charge on any atom is 0.303 e. The third-order valence-corrected chi connectivity index (χ3v) is 9.22. The number of hydrogen-bond acceptors (Lipinski definition) is 5. The number of para-hydroxylation sites is 1. The lowest BCUT2D eigenvalue weighted by Gasteiger charge is -2.61. The Labute approximate surface area is 218 Å². The molecule has 0 amide bonds. The lowest BCUT2D eigenvalue weighted by molar-refractivity contribution is -0.151. The van der Waals surface area contributed by atoms with Gasteiger partial charge in [0.25, 0.3) is 11.1 Å². The maximum absolute atomic E-state index is 13.6. The van der Waals surface area contributed by atoms with Crippen LogP contribution >= 0.6 is 11.6 Å². The van der Waals surface area contributed by atoms with E-state index in [1.165, 1.54) is 10.9 Å². The highest BCUT2D eigenvalue weighted by Gasteiger charge is 2.59. The number of hydrogen-bond donors (Lipinski definition) is 2. The average Bonchev–Trinajstić information content (AvgIpc) is 3.03. The molecule has 194 valence electrons. The molecule has 4 bridgehead atoms. The van der Waals surface area contributed by atoms with Gasteiger partial charge >= 0.3 is 5.97 Å². The van der Waals surface area contributed by atoms with Gasteiger partial charge in [0.2, 0.25) is 0 Å². The second kappa shape index (κ2) is 8.34. The SMILES string of the molecule is Cc1c(Nc2cnn(C34C[C@@H]5C[C@@H](CC(CC(=O)O)(C5)C3)C4)c(=O)c2Cl)c(=O)n(-c2ccccc2)n1C. The van der Waals surface area contributed by atoms with Gasteiger partial charge < -0.3 is 10.4 Å². The minimum Gasteiger partial charge on any atom is -0.481 e. The molecule has 4 saturated carbocycles. The molecular weight excluding hydrogens is 494 g/mol. The van der Waals surface area contributed by atoms with E-state index >= 15 is 0 Å². The first-order valence-corrected chi connectivity index (χ1v) is 13.1. The summed E-state index contributed by atoms with van der Waals surface area (Å²) >= 11 is 6.63. The van der Waals surface area contributed by atoms with E-state index in [1.54, 1.807) is 16.4 Å². The third-order valence-electron chi connectivity index (χ3n) is 8.86. The first kappa shape index (κ1) is 24.0. The molecular formula is C27H30ClN5O4. The Hall–Kier alpha value is -3.33. The zero-order valence-electron chi connectivity index (χ0n) is 20.9. The fourth-order valence-corrected chi connectivity index (χ4v) is 8.06. The van der Waals surface area contributed by atoms with Crippen LogP contribution in [0, 0.1) is 24.2 Å². The van der Waals surface area contributed by atoms with E-state index in [-0.39, 0.29) is 28.1 Å². The first-order chi connectivity index (χ1) is 17.6. The van der Waals surface area contributed by atoms with Gasteiger partial charge in [-0.3, -0.25) is 19.1 Å². The number of aliphatic carboxylic acids is 1. The second-order valence-electron chi connectivity index (χ2n) is 11.4. The number of carboxylic acid groups (broad SMARTS) is 1. The molecule has 37 heavy (non-hydrogen) atoms. The molecule has 2 unspecified atom stereocenters. The summed E-state index contributed by atoms with van der Waals surface area (Å²) in [6.07, 6.45) is 6.82. The molecule has 4 aliphatic carbocycles. The van der Waals surface area contributed by atoms with Crippen LogP contribution in [-0.2, 0) is 17.4 Å². The quantitative estimate of drug-likeness (QED) is 0.500. The first-order valence-electron chi connectivity index (χ1n) is 12.7. The van der Waals surface area contributed by atoms with Crippen LogP contribution in [0.4, 0.5) is 11.4 Å². The Bertz CT molecular complexity index is 1510. The van der Waals surface area contributed by atoms with Crippen molar-refractivity contribution in [2.75, 3.05) is 5.32 Å². The predicted octanol–water partition coefficient (Wildman–Crippen LogP) is 4.21. The van der Waals surface area contributed by atoms with Crippen molar-refractivity contribution in [3.63, 3.8) is 0 Å². The molecule has 0 saturated heterocycles. The highest BCUT2D eigenvalue weighted by Crippen LogP contribution is 2.65. The molecule has 1 aromatic carbocycles. The number of halogens is 1. The molecule has 2 N–H and O–H groups in total. The van der Waals surface area contributed by atoms with Gasteiger partial charge in [0.15, 0.2) is 0 Å². The van der Waals surface area contributed by atoms with E-state index in [0.29, 0.717) is 29.6 Å². The summed E-state index contributed by atoms with van der Waals surface area (Å²) in [4.78, 5) is 38.6. The fourth-order valence-electron chi connectivity index (χ4n) is 7.88. The maximum atomic E-state index is 13.6. The van der Waals surface area contributed by atoms with Crippen LogP contribution in [0.5, 0.6) is 0 Å². The van der Waals surface area contributed by atoms with Crippen molar-refractivity contribution < 1.29 is 9.90 Å². The van der Waals surface area contributed by atoms with Gasteiger partial charge in [-0.05, 0) is 74.8 Å². The average molecular weight is 524 g/mol. The van der Waals surface area contributed by atoms with Crippen LogP contribution in [0.1, 0.15) is 50.6 Å². The molecule has 2 aromatic heterocycles. The zero-order valence-corrected chi connectivity index (χ0v) is 21.7. The zero-order chi connectivity index (χ0) is 26.1. The van der Waals surface area contributed by atoms with E-state index < -0.39 is 17.1 Å². The fraction of sp³-hybridized carbons (Fsp3) is 0.481. The number of carboxylic acids is 1. The van der Waals surface area contributed by atoms with Crippen LogP contribution < -0.4 is 16.4 Å². The van der Waals surface area contributed by atoms with Crippen LogP contribution in [0.15, 0.2) is 46.1 Å². The van der Waals surface area contributed by atoms with Crippen molar-refractivity contribution >= 4 is 28.9 Å². The summed E-state index contributed by atoms with van der Waals surface area (Å²) in [5, 5.41) is 17.2. The van der Waals surface area contributed by atoms with Crippen molar-refractivity contribution in [1.29, 1.82) is 0 Å². The summed E-state index contributed by atoms with van der Waals surface area (Å²) in [6, 6.07) is 9.31. The highest BCUT2D eigenvalue weighted by atomic mass is 35.5. The standard InChI is InChI=1S/C27H30ClN5O4/c1-16-23(25(37)32(31(16)2)19-6-4-3-5-7-19)30-20-14-29-33(24(36)22(20)28)27-11-17-8-18(12-27)10-26(9-17,15-27)13-21(34)35/h3-7,14,17-18,30H,8-13,15H2,1-2H3,(H,34,35)/t17-,18+,26?,27?. The molecule has 9 nitrogen and oxygen atoms in total. The number of carbonyl (C=O) groups is 1. The Morgan fingerprint density at radius 1 is 1.14 bits per heavy atom. The smallest absolute Gasteiger partial charge is 0.303 e. The van der Waals surface area contributed by atoms with E-state index in [9.17, 15) is 19.5 Å². The molecule has 0 radical (unpaired) electrons. The van der Waals surface area contributed by atoms with Crippen LogP contribution in [-0.4, -0.2) is 30.2 Å². The van der Waals surface area contributed by atoms with Gasteiger partial charge in [-0.2, -0.15) is 5.10 Å². The number of nitrogens with one attached hydrogen (secondary N) is 1. The van der Waals surface area contributed by atoms with Crippen LogP contribution in [0.3, 0.4) is 0 Å². The summed E-state index contributed by atoms with van der Waals surface area (Å²) < 4.78 is 4.83. The van der Waals surface area contributed by atoms with Gasteiger partial charge in [0.05, 0.1) is 35.2 Å². The number of aromatic nitrogens is 4. The van der Waals surface area contributed by atoms with Crippen molar-refractivity contribution in [2.24, 2.45) is 24.3 Å². The molecule has 2 heterocycles. The Morgan fingerprint density at radius 2 is 1.81 bits per heavy atom. The lowest BCUT2D eigenvalue weighted by atomic mass is 9.46. The van der Waals surface area contributed by atoms with Crippen LogP contribution in [0.2, 0.25) is 5.02 Å². The highest BCUT2D eigenvalue weighted by molar-refractivity contribution is 6.33. The van der Waals surface area contributed by atoms with E-state index in [0.717, 1.165) is 37.8 Å². The number of benzene rings is 1. The normalized spacial score (nSPS) is 28.0. The van der Waals surface area contributed by atoms with Crippen molar-refractivity contribution in [2.45, 2.75) is 57.4 Å². The van der Waals surface area contributed by atoms with E-state index in [1.807, 2.05) is 37.3 Å². The largest absolute Gasteiger partial charge is 0.481 e. The van der Waals surface area contributed by atoms with Crippen molar-refractivity contribution in [3.8, 4) is 5.69 Å². The second-order valence-corrected chi connectivity index (χ2v) is 11.8. The summed E-state index contributed by atoms with van der Waals surface area (Å²) in [6.45, 7) is 1.82. The molecule has 4 fully saturated rings. The van der Waals surface area contributed by atoms with Crippen molar-refractivity contribution in [3.05, 3.63) is 68.0 Å². The minimum absolute atomic E-state index is 0.0213. The van der Waals surface area contributed by atoms with E-state index in [2.05, 4.69) is 10.4 Å². The van der Waals surface area contributed by atoms with Gasteiger partial charge in [-0.1, -0.05) is 29.8 Å². The topological polar surface area (TPSA) is 111 Å².